The van der Waals surface area contributed by atoms with E-state index in [-0.39, 0.29) is 0 Å². The normalized spacial score (nSPS) is 10.7. The minimum Gasteiger partial charge on any atom is -0.267 e. The lowest BCUT2D eigenvalue weighted by molar-refractivity contribution is 0.519. The van der Waals surface area contributed by atoms with Crippen molar-refractivity contribution in [2.24, 2.45) is 0 Å². The van der Waals surface area contributed by atoms with Crippen molar-refractivity contribution < 1.29 is 0 Å². The molecular weight excluding hydrogens is 112 g/mol. The molecule has 0 N–H and O–H groups in total. The minimum atomic E-state index is 0.455. The van der Waals surface area contributed by atoms with E-state index in [0.717, 1.165) is 5.69 Å². The fourth-order valence-corrected chi connectivity index (χ4v) is 0.858. The van der Waals surface area contributed by atoms with Crippen molar-refractivity contribution in [1.82, 2.24) is 9.78 Å². The van der Waals surface area contributed by atoms with Crippen LogP contribution in [0.15, 0.2) is 6.20 Å². The van der Waals surface area contributed by atoms with Gasteiger partial charge in [0.15, 0.2) is 0 Å². The lowest BCUT2D eigenvalue weighted by Crippen LogP contribution is -2.03. The average molecular weight is 123 g/mol. The smallest absolute Gasteiger partial charge is 0.0572 e. The Hall–Kier alpha value is -0.790. The first-order valence-electron chi connectivity index (χ1n) is 3.13. The summed E-state index contributed by atoms with van der Waals surface area (Å²) in [5.74, 6) is 0. The van der Waals surface area contributed by atoms with Crippen LogP contribution in [0.1, 0.15) is 25.6 Å². The van der Waals surface area contributed by atoms with Gasteiger partial charge in [0.05, 0.1) is 6.20 Å². The molecule has 0 saturated heterocycles. The number of aryl methyl sites for hydroxylation is 1. The molecule has 1 aromatic rings. The van der Waals surface area contributed by atoms with Crippen LogP contribution in [0.3, 0.4) is 0 Å². The molecule has 0 atom stereocenters. The third-order valence-corrected chi connectivity index (χ3v) is 1.29. The molecule has 1 radical (unpaired) electrons. The van der Waals surface area contributed by atoms with E-state index >= 15 is 0 Å². The second-order valence-corrected chi connectivity index (χ2v) is 2.41. The van der Waals surface area contributed by atoms with Gasteiger partial charge in [-0.15, -0.1) is 0 Å². The van der Waals surface area contributed by atoms with Gasteiger partial charge in [-0.2, -0.15) is 5.10 Å². The summed E-state index contributed by atoms with van der Waals surface area (Å²) in [5.41, 5.74) is 1.10. The van der Waals surface area contributed by atoms with Gasteiger partial charge in [0.2, 0.25) is 0 Å². The third-order valence-electron chi connectivity index (χ3n) is 1.29. The monoisotopic (exact) mass is 123 g/mol. The maximum absolute atomic E-state index is 4.08. The molecule has 0 aliphatic rings. The average Bonchev–Trinajstić information content (AvgIpc) is 2.13. The summed E-state index contributed by atoms with van der Waals surface area (Å²) in [6.07, 6.45) is 1.70. The molecule has 2 nitrogen and oxygen atoms in total. The van der Waals surface area contributed by atoms with Crippen LogP contribution >= 0.6 is 0 Å². The fraction of sp³-hybridized carbons (Fsp3) is 0.571. The maximum atomic E-state index is 4.08. The fourth-order valence-electron chi connectivity index (χ4n) is 0.858. The number of hydrogen-bond donors (Lipinski definition) is 0. The van der Waals surface area contributed by atoms with Crippen LogP contribution in [-0.2, 0) is 0 Å². The first-order valence-corrected chi connectivity index (χ1v) is 3.13. The Kier molecular flexibility index (Phi) is 1.56. The van der Waals surface area contributed by atoms with Gasteiger partial charge in [-0.05, 0) is 20.8 Å². The van der Waals surface area contributed by atoms with E-state index in [1.807, 2.05) is 11.6 Å². The molecule has 1 heterocycles. The van der Waals surface area contributed by atoms with Crippen molar-refractivity contribution in [1.29, 1.82) is 0 Å². The summed E-state index contributed by atoms with van der Waals surface area (Å²) in [4.78, 5) is 0. The Labute approximate surface area is 55.5 Å². The van der Waals surface area contributed by atoms with Crippen LogP contribution in [0, 0.1) is 13.0 Å². The van der Waals surface area contributed by atoms with Crippen molar-refractivity contribution in [2.75, 3.05) is 0 Å². The summed E-state index contributed by atoms with van der Waals surface area (Å²) in [5, 5.41) is 4.08. The summed E-state index contributed by atoms with van der Waals surface area (Å²) in [6, 6.07) is 3.46. The molecule has 0 aliphatic heterocycles. The second kappa shape index (κ2) is 2.21. The van der Waals surface area contributed by atoms with Gasteiger partial charge >= 0.3 is 0 Å². The number of nitrogens with zero attached hydrogens (tertiary/aromatic N) is 2. The van der Waals surface area contributed by atoms with Gasteiger partial charge in [-0.3, -0.25) is 4.68 Å². The SMILES string of the molecule is Cc1[c]cnn1C(C)C. The van der Waals surface area contributed by atoms with E-state index in [1.165, 1.54) is 0 Å². The van der Waals surface area contributed by atoms with Crippen LogP contribution in [0.4, 0.5) is 0 Å². The molecule has 1 aromatic heterocycles. The summed E-state index contributed by atoms with van der Waals surface area (Å²) < 4.78 is 1.94. The summed E-state index contributed by atoms with van der Waals surface area (Å²) in [6.45, 7) is 6.22. The molecule has 0 fully saturated rings. The van der Waals surface area contributed by atoms with Crippen molar-refractivity contribution in [3.05, 3.63) is 18.0 Å². The molecule has 0 saturated carbocycles. The molecule has 0 unspecified atom stereocenters. The predicted molar refractivity (Wildman–Crippen MR) is 36.2 cm³/mol. The number of aromatic nitrogens is 2. The first-order chi connectivity index (χ1) is 4.22. The van der Waals surface area contributed by atoms with Crippen LogP contribution in [0.25, 0.3) is 0 Å². The van der Waals surface area contributed by atoms with Crippen LogP contribution < -0.4 is 0 Å². The highest BCUT2D eigenvalue weighted by atomic mass is 15.3. The zero-order valence-electron chi connectivity index (χ0n) is 6.05. The Morgan fingerprint density at radius 2 is 2.33 bits per heavy atom. The van der Waals surface area contributed by atoms with E-state index in [4.69, 9.17) is 0 Å². The van der Waals surface area contributed by atoms with Crippen molar-refractivity contribution >= 4 is 0 Å². The molecule has 0 spiro atoms. The quantitative estimate of drug-likeness (QED) is 0.554. The molecule has 2 heteroatoms. The number of rotatable bonds is 1. The highest BCUT2D eigenvalue weighted by Gasteiger charge is 1.98. The summed E-state index contributed by atoms with van der Waals surface area (Å²) in [7, 11) is 0. The zero-order chi connectivity index (χ0) is 6.85. The van der Waals surface area contributed by atoms with Gasteiger partial charge < -0.3 is 0 Å². The van der Waals surface area contributed by atoms with E-state index in [2.05, 4.69) is 25.0 Å². The Balaban J connectivity index is 2.94. The highest BCUT2D eigenvalue weighted by Crippen LogP contribution is 2.04. The molecule has 0 aliphatic carbocycles. The van der Waals surface area contributed by atoms with E-state index < -0.39 is 0 Å². The molecule has 0 amide bonds. The van der Waals surface area contributed by atoms with E-state index in [9.17, 15) is 0 Å². The Bertz CT molecular complexity index is 189. The Morgan fingerprint density at radius 1 is 1.67 bits per heavy atom. The predicted octanol–water partition coefficient (Wildman–Crippen LogP) is 1.57. The molecule has 0 aromatic carbocycles. The maximum Gasteiger partial charge on any atom is 0.0572 e. The lowest BCUT2D eigenvalue weighted by atomic mass is 10.4. The van der Waals surface area contributed by atoms with Crippen LogP contribution in [0.2, 0.25) is 0 Å². The topological polar surface area (TPSA) is 17.8 Å². The first kappa shape index (κ1) is 6.33. The molecular formula is C7H11N2. The van der Waals surface area contributed by atoms with Crippen molar-refractivity contribution in [3.8, 4) is 0 Å². The van der Waals surface area contributed by atoms with Crippen molar-refractivity contribution in [3.63, 3.8) is 0 Å². The van der Waals surface area contributed by atoms with Gasteiger partial charge in [0.1, 0.15) is 0 Å². The largest absolute Gasteiger partial charge is 0.267 e. The third kappa shape index (κ3) is 1.12. The van der Waals surface area contributed by atoms with Crippen LogP contribution in [-0.4, -0.2) is 9.78 Å². The highest BCUT2D eigenvalue weighted by molar-refractivity contribution is 4.94. The van der Waals surface area contributed by atoms with E-state index in [1.54, 1.807) is 6.20 Å². The molecule has 1 rings (SSSR count). The van der Waals surface area contributed by atoms with Crippen LogP contribution in [0.5, 0.6) is 0 Å². The Morgan fingerprint density at radius 3 is 2.56 bits per heavy atom. The van der Waals surface area contributed by atoms with Gasteiger partial charge in [-0.25, -0.2) is 0 Å². The molecule has 0 bridgehead atoms. The zero-order valence-corrected chi connectivity index (χ0v) is 6.05. The van der Waals surface area contributed by atoms with Gasteiger partial charge in [-0.1, -0.05) is 0 Å². The van der Waals surface area contributed by atoms with Gasteiger partial charge in [0, 0.05) is 17.8 Å². The number of hydrogen-bond acceptors (Lipinski definition) is 1. The molecule has 49 valence electrons. The molecule has 9 heavy (non-hydrogen) atoms. The van der Waals surface area contributed by atoms with Crippen molar-refractivity contribution in [2.45, 2.75) is 26.8 Å². The minimum absolute atomic E-state index is 0.455. The lowest BCUT2D eigenvalue weighted by Gasteiger charge is -2.06. The summed E-state index contributed by atoms with van der Waals surface area (Å²) >= 11 is 0. The van der Waals surface area contributed by atoms with E-state index in [0.29, 0.717) is 6.04 Å². The second-order valence-electron chi connectivity index (χ2n) is 2.41. The van der Waals surface area contributed by atoms with Gasteiger partial charge in [0.25, 0.3) is 0 Å². The standard InChI is InChI=1S/C7H11N2/c1-6(2)9-7(3)4-5-8-9/h5-6H,1-3H3.